The van der Waals surface area contributed by atoms with Crippen LogP contribution in [0, 0.1) is 0 Å². The van der Waals surface area contributed by atoms with Gasteiger partial charge in [-0.3, -0.25) is 14.3 Å². The predicted molar refractivity (Wildman–Crippen MR) is 105 cm³/mol. The molecule has 1 atom stereocenters. The average Bonchev–Trinajstić information content (AvgIpc) is 2.82. The first-order valence-corrected chi connectivity index (χ1v) is 9.52. The van der Waals surface area contributed by atoms with Crippen LogP contribution in [0.4, 0.5) is 5.69 Å². The Hall–Kier alpha value is -2.60. The van der Waals surface area contributed by atoms with Crippen molar-refractivity contribution in [2.45, 2.75) is 30.0 Å². The molecule has 0 bridgehead atoms. The van der Waals surface area contributed by atoms with Gasteiger partial charge in [-0.15, -0.1) is 11.8 Å². The molecule has 5 nitrogen and oxygen atoms in total. The molecule has 26 heavy (non-hydrogen) atoms. The molecule has 0 fully saturated rings. The Bertz CT molecular complexity index is 1030. The maximum Gasteiger partial charge on any atom is 0.248 e. The average molecular weight is 365 g/mol. The summed E-state index contributed by atoms with van der Waals surface area (Å²) in [5, 5.41) is 5.23. The number of fused-ring (bicyclic) bond motifs is 2. The van der Waals surface area contributed by atoms with Crippen LogP contribution in [0.2, 0.25) is 0 Å². The summed E-state index contributed by atoms with van der Waals surface area (Å²) in [4.78, 5) is 28.1. The predicted octanol–water partition coefficient (Wildman–Crippen LogP) is 3.31. The third-order valence-electron chi connectivity index (χ3n) is 4.59. The Labute approximate surface area is 155 Å². The highest BCUT2D eigenvalue weighted by Crippen LogP contribution is 2.37. The summed E-state index contributed by atoms with van der Waals surface area (Å²) >= 11 is 1.81. The van der Waals surface area contributed by atoms with Crippen LogP contribution in [0.15, 0.2) is 64.4 Å². The van der Waals surface area contributed by atoms with E-state index in [1.807, 2.05) is 53.1 Å². The summed E-state index contributed by atoms with van der Waals surface area (Å²) in [5.41, 5.74) is 1.51. The van der Waals surface area contributed by atoms with Crippen LogP contribution in [0.5, 0.6) is 0 Å². The van der Waals surface area contributed by atoms with Crippen molar-refractivity contribution in [1.82, 2.24) is 9.78 Å². The number of rotatable bonds is 2. The van der Waals surface area contributed by atoms with E-state index in [1.54, 1.807) is 10.7 Å². The molecular formula is C20H19N3O2S. The number of hydrogen-bond acceptors (Lipinski definition) is 4. The lowest BCUT2D eigenvalue weighted by atomic mass is 10.2. The molecule has 2 heterocycles. The van der Waals surface area contributed by atoms with Gasteiger partial charge in [-0.25, -0.2) is 0 Å². The molecule has 4 rings (SSSR count). The standard InChI is InChI=1S/C20H19N3O2S/c1-14-10-11-22(17-8-4-5-9-19(17)26-14)20(25)13-23-16-7-3-2-6-15(16)18(24)12-21-23/h2-9,12,14H,10-11,13H2,1H3/t14-/m0/s1. The minimum Gasteiger partial charge on any atom is -0.310 e. The van der Waals surface area contributed by atoms with E-state index >= 15 is 0 Å². The highest BCUT2D eigenvalue weighted by atomic mass is 32.2. The minimum atomic E-state index is -0.130. The van der Waals surface area contributed by atoms with Gasteiger partial charge in [0.25, 0.3) is 0 Å². The molecule has 0 spiro atoms. The first-order chi connectivity index (χ1) is 12.6. The number of benzene rings is 2. The number of hydrogen-bond donors (Lipinski definition) is 0. The first-order valence-electron chi connectivity index (χ1n) is 8.64. The zero-order chi connectivity index (χ0) is 18.1. The fourth-order valence-corrected chi connectivity index (χ4v) is 4.36. The van der Waals surface area contributed by atoms with Crippen molar-refractivity contribution in [2.24, 2.45) is 0 Å². The maximum atomic E-state index is 13.1. The van der Waals surface area contributed by atoms with Crippen molar-refractivity contribution < 1.29 is 4.79 Å². The summed E-state index contributed by atoms with van der Waals surface area (Å²) in [5.74, 6) is -0.0200. The van der Waals surface area contributed by atoms with E-state index < -0.39 is 0 Å². The number of thioether (sulfide) groups is 1. The Morgan fingerprint density at radius 2 is 1.96 bits per heavy atom. The van der Waals surface area contributed by atoms with Crippen LogP contribution < -0.4 is 10.3 Å². The second-order valence-corrected chi connectivity index (χ2v) is 7.89. The van der Waals surface area contributed by atoms with Gasteiger partial charge in [-0.2, -0.15) is 5.10 Å². The first kappa shape index (κ1) is 16.8. The Morgan fingerprint density at radius 3 is 2.85 bits per heavy atom. The van der Waals surface area contributed by atoms with Gasteiger partial charge in [0.1, 0.15) is 6.54 Å². The Balaban J connectivity index is 1.69. The molecule has 6 heteroatoms. The number of para-hydroxylation sites is 2. The van der Waals surface area contributed by atoms with E-state index in [9.17, 15) is 9.59 Å². The summed E-state index contributed by atoms with van der Waals surface area (Å²) in [6, 6.07) is 15.3. The molecule has 1 aliphatic heterocycles. The number of nitrogens with zero attached hydrogens (tertiary/aromatic N) is 3. The maximum absolute atomic E-state index is 13.1. The molecule has 0 unspecified atom stereocenters. The number of anilines is 1. The lowest BCUT2D eigenvalue weighted by Gasteiger charge is -2.23. The van der Waals surface area contributed by atoms with Crippen LogP contribution >= 0.6 is 11.8 Å². The summed E-state index contributed by atoms with van der Waals surface area (Å²) < 4.78 is 1.61. The van der Waals surface area contributed by atoms with E-state index in [0.29, 0.717) is 22.7 Å². The number of carbonyl (C=O) groups is 1. The van der Waals surface area contributed by atoms with Gasteiger partial charge in [0, 0.05) is 22.1 Å². The SMILES string of the molecule is C[C@H]1CCN(C(=O)Cn2ncc(=O)c3ccccc32)c2ccccc2S1. The minimum absolute atomic E-state index is 0.0200. The lowest BCUT2D eigenvalue weighted by molar-refractivity contribution is -0.119. The molecule has 0 N–H and O–H groups in total. The third-order valence-corrected chi connectivity index (χ3v) is 5.83. The smallest absolute Gasteiger partial charge is 0.248 e. The van der Waals surface area contributed by atoms with Crippen LogP contribution in [-0.4, -0.2) is 27.5 Å². The van der Waals surface area contributed by atoms with Gasteiger partial charge >= 0.3 is 0 Å². The van der Waals surface area contributed by atoms with E-state index in [2.05, 4.69) is 18.1 Å². The van der Waals surface area contributed by atoms with Crippen molar-refractivity contribution in [3.05, 3.63) is 65.0 Å². The molecule has 1 aromatic heterocycles. The monoisotopic (exact) mass is 365 g/mol. The topological polar surface area (TPSA) is 55.2 Å². The van der Waals surface area contributed by atoms with Gasteiger partial charge in [0.2, 0.25) is 11.3 Å². The summed E-state index contributed by atoms with van der Waals surface area (Å²) in [6.07, 6.45) is 2.22. The molecule has 0 saturated carbocycles. The lowest BCUT2D eigenvalue weighted by Crippen LogP contribution is -2.35. The fourth-order valence-electron chi connectivity index (χ4n) is 3.25. The van der Waals surface area contributed by atoms with Gasteiger partial charge in [0.05, 0.1) is 17.4 Å². The summed E-state index contributed by atoms with van der Waals surface area (Å²) in [7, 11) is 0. The van der Waals surface area contributed by atoms with Crippen LogP contribution in [0.3, 0.4) is 0 Å². The van der Waals surface area contributed by atoms with Crippen molar-refractivity contribution in [1.29, 1.82) is 0 Å². The van der Waals surface area contributed by atoms with E-state index in [-0.39, 0.29) is 17.9 Å². The Kier molecular flexibility index (Phi) is 4.51. The normalized spacial score (nSPS) is 17.0. The molecule has 0 radical (unpaired) electrons. The number of amides is 1. The van der Waals surface area contributed by atoms with Crippen LogP contribution in [0.25, 0.3) is 10.9 Å². The van der Waals surface area contributed by atoms with Crippen molar-refractivity contribution in [3.63, 3.8) is 0 Å². The zero-order valence-corrected chi connectivity index (χ0v) is 15.3. The Morgan fingerprint density at radius 1 is 1.19 bits per heavy atom. The molecule has 0 aliphatic carbocycles. The van der Waals surface area contributed by atoms with Gasteiger partial charge < -0.3 is 4.90 Å². The van der Waals surface area contributed by atoms with Gasteiger partial charge in [-0.05, 0) is 30.7 Å². The molecular weight excluding hydrogens is 346 g/mol. The molecule has 3 aromatic rings. The highest BCUT2D eigenvalue weighted by Gasteiger charge is 2.24. The molecule has 0 saturated heterocycles. The second-order valence-electron chi connectivity index (χ2n) is 6.41. The molecule has 2 aromatic carbocycles. The van der Waals surface area contributed by atoms with Crippen molar-refractivity contribution >= 4 is 34.3 Å². The van der Waals surface area contributed by atoms with Crippen LogP contribution in [0.1, 0.15) is 13.3 Å². The number of aromatic nitrogens is 2. The third kappa shape index (κ3) is 3.12. The van der Waals surface area contributed by atoms with Crippen molar-refractivity contribution in [2.75, 3.05) is 11.4 Å². The van der Waals surface area contributed by atoms with Gasteiger partial charge in [-0.1, -0.05) is 31.2 Å². The largest absolute Gasteiger partial charge is 0.310 e. The van der Waals surface area contributed by atoms with E-state index in [4.69, 9.17) is 0 Å². The summed E-state index contributed by atoms with van der Waals surface area (Å²) in [6.45, 7) is 2.97. The molecule has 1 aliphatic rings. The van der Waals surface area contributed by atoms with E-state index in [0.717, 1.165) is 17.0 Å². The molecule has 1 amide bonds. The van der Waals surface area contributed by atoms with Gasteiger partial charge in [0.15, 0.2) is 0 Å². The molecule has 132 valence electrons. The quantitative estimate of drug-likeness (QED) is 0.699. The van der Waals surface area contributed by atoms with Crippen LogP contribution in [-0.2, 0) is 11.3 Å². The van der Waals surface area contributed by atoms with E-state index in [1.165, 1.54) is 6.20 Å². The number of carbonyl (C=O) groups excluding carboxylic acids is 1. The fraction of sp³-hybridized carbons (Fsp3) is 0.250. The second kappa shape index (κ2) is 6.96. The zero-order valence-electron chi connectivity index (χ0n) is 14.5. The van der Waals surface area contributed by atoms with Crippen molar-refractivity contribution in [3.8, 4) is 0 Å². The highest BCUT2D eigenvalue weighted by molar-refractivity contribution is 8.00.